The molecule has 0 saturated heterocycles. The summed E-state index contributed by atoms with van der Waals surface area (Å²) in [5.74, 6) is -0.0990. The fraction of sp³-hybridized carbons (Fsp3) is 0.417. The summed E-state index contributed by atoms with van der Waals surface area (Å²) < 4.78 is 15.3. The zero-order valence-corrected chi connectivity index (χ0v) is 11.6. The molecule has 1 unspecified atom stereocenters. The number of hydrogen-bond acceptors (Lipinski definition) is 4. The molecule has 1 aromatic carbocycles. The Bertz CT molecular complexity index is 389. The van der Waals surface area contributed by atoms with E-state index in [4.69, 9.17) is 37.4 Å². The molecule has 0 heterocycles. The van der Waals surface area contributed by atoms with Gasteiger partial charge in [-0.2, -0.15) is 0 Å². The molecule has 0 aromatic heterocycles. The molecular formula is C12H14Cl2O4. The average molecular weight is 293 g/mol. The highest BCUT2D eigenvalue weighted by Gasteiger charge is 2.22. The second-order valence-corrected chi connectivity index (χ2v) is 4.29. The topological polar surface area (TPSA) is 44.8 Å². The predicted octanol–water partition coefficient (Wildman–Crippen LogP) is 2.95. The fourth-order valence-electron chi connectivity index (χ4n) is 1.30. The minimum Gasteiger partial charge on any atom is -0.476 e. The first-order valence-electron chi connectivity index (χ1n) is 5.35. The molecule has 1 atom stereocenters. The Labute approximate surface area is 116 Å². The zero-order valence-electron chi connectivity index (χ0n) is 10.1. The van der Waals surface area contributed by atoms with Crippen LogP contribution in [0.25, 0.3) is 0 Å². The van der Waals surface area contributed by atoms with Crippen LogP contribution in [0.1, 0.15) is 6.92 Å². The molecule has 0 amide bonds. The minimum absolute atomic E-state index is 0.0863. The number of methoxy groups -OCH3 is 1. The average Bonchev–Trinajstić information content (AvgIpc) is 2.27. The van der Waals surface area contributed by atoms with E-state index in [1.54, 1.807) is 25.1 Å². The van der Waals surface area contributed by atoms with E-state index in [0.717, 1.165) is 0 Å². The largest absolute Gasteiger partial charge is 0.476 e. The van der Waals surface area contributed by atoms with Crippen LogP contribution in [-0.4, -0.2) is 32.4 Å². The summed E-state index contributed by atoms with van der Waals surface area (Å²) in [6.07, 6.45) is -0.843. The maximum absolute atomic E-state index is 11.6. The quantitative estimate of drug-likeness (QED) is 0.756. The second-order valence-electron chi connectivity index (χ2n) is 3.42. The molecule has 0 aliphatic rings. The lowest BCUT2D eigenvalue weighted by molar-refractivity contribution is -0.153. The Kier molecular flexibility index (Phi) is 6.25. The van der Waals surface area contributed by atoms with Crippen molar-refractivity contribution in [2.24, 2.45) is 0 Å². The van der Waals surface area contributed by atoms with Crippen molar-refractivity contribution in [1.29, 1.82) is 0 Å². The first-order valence-corrected chi connectivity index (χ1v) is 6.10. The van der Waals surface area contributed by atoms with E-state index in [1.807, 2.05) is 0 Å². The highest BCUT2D eigenvalue weighted by molar-refractivity contribution is 6.34. The summed E-state index contributed by atoms with van der Waals surface area (Å²) in [5, 5.41) is 0.857. The van der Waals surface area contributed by atoms with Gasteiger partial charge in [-0.15, -0.1) is 0 Å². The highest BCUT2D eigenvalue weighted by atomic mass is 35.5. The van der Waals surface area contributed by atoms with Gasteiger partial charge in [0.2, 0.25) is 6.10 Å². The van der Waals surface area contributed by atoms with E-state index in [2.05, 4.69) is 0 Å². The van der Waals surface area contributed by atoms with E-state index < -0.39 is 12.1 Å². The molecule has 0 saturated carbocycles. The van der Waals surface area contributed by atoms with E-state index in [-0.39, 0.29) is 13.2 Å². The van der Waals surface area contributed by atoms with Crippen molar-refractivity contribution in [1.82, 2.24) is 0 Å². The first-order chi connectivity index (χ1) is 8.56. The Morgan fingerprint density at radius 3 is 2.39 bits per heavy atom. The molecule has 0 radical (unpaired) electrons. The molecule has 0 aliphatic heterocycles. The SMILES string of the molecule is CCOC(=O)C(COC)Oc1cc(Cl)cc(Cl)c1. The second kappa shape index (κ2) is 7.46. The van der Waals surface area contributed by atoms with Gasteiger partial charge in [0.1, 0.15) is 5.75 Å². The molecule has 1 aromatic rings. The van der Waals surface area contributed by atoms with Crippen molar-refractivity contribution in [2.75, 3.05) is 20.3 Å². The number of carbonyl (C=O) groups excluding carboxylic acids is 1. The van der Waals surface area contributed by atoms with Gasteiger partial charge in [-0.25, -0.2) is 4.79 Å². The number of benzene rings is 1. The number of carbonyl (C=O) groups is 1. The van der Waals surface area contributed by atoms with Crippen LogP contribution in [0.5, 0.6) is 5.75 Å². The molecule has 1 rings (SSSR count). The van der Waals surface area contributed by atoms with Gasteiger partial charge in [0.25, 0.3) is 0 Å². The number of hydrogen-bond donors (Lipinski definition) is 0. The molecule has 100 valence electrons. The number of ether oxygens (including phenoxy) is 3. The van der Waals surface area contributed by atoms with Crippen LogP contribution in [0.4, 0.5) is 0 Å². The van der Waals surface area contributed by atoms with Gasteiger partial charge in [-0.3, -0.25) is 0 Å². The van der Waals surface area contributed by atoms with E-state index in [9.17, 15) is 4.79 Å². The van der Waals surface area contributed by atoms with Crippen LogP contribution in [0.15, 0.2) is 18.2 Å². The molecule has 0 N–H and O–H groups in total. The van der Waals surface area contributed by atoms with Crippen LogP contribution in [-0.2, 0) is 14.3 Å². The molecule has 0 aliphatic carbocycles. The standard InChI is InChI=1S/C12H14Cl2O4/c1-3-17-12(15)11(7-16-2)18-10-5-8(13)4-9(14)6-10/h4-6,11H,3,7H2,1-2H3. The van der Waals surface area contributed by atoms with Crippen molar-refractivity contribution < 1.29 is 19.0 Å². The fourth-order valence-corrected chi connectivity index (χ4v) is 1.80. The van der Waals surface area contributed by atoms with Crippen molar-refractivity contribution in [3.8, 4) is 5.75 Å². The summed E-state index contributed by atoms with van der Waals surface area (Å²) in [6.45, 7) is 2.08. The van der Waals surface area contributed by atoms with Crippen LogP contribution in [0.2, 0.25) is 10.0 Å². The number of esters is 1. The Balaban J connectivity index is 2.78. The number of halogens is 2. The van der Waals surface area contributed by atoms with Crippen molar-refractivity contribution in [2.45, 2.75) is 13.0 Å². The first kappa shape index (κ1) is 15.1. The maximum atomic E-state index is 11.6. The lowest BCUT2D eigenvalue weighted by Crippen LogP contribution is -2.33. The molecular weight excluding hydrogens is 279 g/mol. The van der Waals surface area contributed by atoms with Gasteiger partial charge in [0, 0.05) is 17.2 Å². The molecule has 18 heavy (non-hydrogen) atoms. The molecule has 6 heteroatoms. The van der Waals surface area contributed by atoms with Gasteiger partial charge in [-0.05, 0) is 25.1 Å². The normalized spacial score (nSPS) is 12.0. The predicted molar refractivity (Wildman–Crippen MR) is 69.4 cm³/mol. The maximum Gasteiger partial charge on any atom is 0.349 e. The van der Waals surface area contributed by atoms with Crippen LogP contribution in [0, 0.1) is 0 Å². The number of rotatable bonds is 6. The van der Waals surface area contributed by atoms with Gasteiger partial charge in [0.15, 0.2) is 0 Å². The van der Waals surface area contributed by atoms with Gasteiger partial charge < -0.3 is 14.2 Å². The van der Waals surface area contributed by atoms with Gasteiger partial charge >= 0.3 is 5.97 Å². The Morgan fingerprint density at radius 2 is 1.89 bits per heavy atom. The van der Waals surface area contributed by atoms with E-state index in [0.29, 0.717) is 15.8 Å². The van der Waals surface area contributed by atoms with Gasteiger partial charge in [0.05, 0.1) is 13.2 Å². The third-order valence-electron chi connectivity index (χ3n) is 1.98. The van der Waals surface area contributed by atoms with Crippen molar-refractivity contribution >= 4 is 29.2 Å². The summed E-state index contributed by atoms with van der Waals surface area (Å²) in [7, 11) is 1.47. The highest BCUT2D eigenvalue weighted by Crippen LogP contribution is 2.25. The summed E-state index contributed by atoms with van der Waals surface area (Å²) in [4.78, 5) is 11.6. The van der Waals surface area contributed by atoms with Crippen LogP contribution in [0.3, 0.4) is 0 Å². The monoisotopic (exact) mass is 292 g/mol. The molecule has 0 fully saturated rings. The smallest absolute Gasteiger partial charge is 0.349 e. The van der Waals surface area contributed by atoms with Crippen molar-refractivity contribution in [3.05, 3.63) is 28.2 Å². The van der Waals surface area contributed by atoms with E-state index in [1.165, 1.54) is 7.11 Å². The lowest BCUT2D eigenvalue weighted by atomic mass is 10.3. The lowest BCUT2D eigenvalue weighted by Gasteiger charge is -2.17. The Hall–Kier alpha value is -0.970. The van der Waals surface area contributed by atoms with Crippen LogP contribution < -0.4 is 4.74 Å². The van der Waals surface area contributed by atoms with Gasteiger partial charge in [-0.1, -0.05) is 23.2 Å². The van der Waals surface area contributed by atoms with Crippen molar-refractivity contribution in [3.63, 3.8) is 0 Å². The van der Waals surface area contributed by atoms with Crippen LogP contribution >= 0.6 is 23.2 Å². The van der Waals surface area contributed by atoms with E-state index >= 15 is 0 Å². The summed E-state index contributed by atoms with van der Waals surface area (Å²) in [5.41, 5.74) is 0. The summed E-state index contributed by atoms with van der Waals surface area (Å²) in [6, 6.07) is 4.70. The molecule has 0 bridgehead atoms. The molecule has 4 nitrogen and oxygen atoms in total. The Morgan fingerprint density at radius 1 is 1.28 bits per heavy atom. The third-order valence-corrected chi connectivity index (χ3v) is 2.42. The minimum atomic E-state index is -0.843. The zero-order chi connectivity index (χ0) is 13.5. The summed E-state index contributed by atoms with van der Waals surface area (Å²) >= 11 is 11.7. The molecule has 0 spiro atoms. The third kappa shape index (κ3) is 4.72.